The zero-order valence-electron chi connectivity index (χ0n) is 10.4. The van der Waals surface area contributed by atoms with Crippen molar-refractivity contribution in [1.29, 1.82) is 0 Å². The lowest BCUT2D eigenvalue weighted by Gasteiger charge is -2.11. The third-order valence-corrected chi connectivity index (χ3v) is 4.54. The fraction of sp³-hybridized carbons (Fsp3) is 0.500. The van der Waals surface area contributed by atoms with E-state index in [1.54, 1.807) is 0 Å². The Morgan fingerprint density at radius 1 is 1.44 bits per heavy atom. The minimum Gasteiger partial charge on any atom is -0.331 e. The summed E-state index contributed by atoms with van der Waals surface area (Å²) in [5.74, 6) is 1.63. The van der Waals surface area contributed by atoms with Crippen molar-refractivity contribution < 1.29 is 0 Å². The number of aromatic amines is 1. The van der Waals surface area contributed by atoms with Gasteiger partial charge in [0.15, 0.2) is 4.77 Å². The maximum Gasteiger partial charge on any atom is 0.178 e. The fourth-order valence-electron chi connectivity index (χ4n) is 3.07. The first-order valence-corrected chi connectivity index (χ1v) is 7.30. The molecule has 96 valence electrons. The van der Waals surface area contributed by atoms with Gasteiger partial charge in [0.25, 0.3) is 0 Å². The van der Waals surface area contributed by atoms with Crippen molar-refractivity contribution >= 4 is 34.9 Å². The largest absolute Gasteiger partial charge is 0.331 e. The molecule has 0 amide bonds. The van der Waals surface area contributed by atoms with Crippen LogP contribution in [-0.2, 0) is 6.54 Å². The maximum absolute atomic E-state index is 6.01. The van der Waals surface area contributed by atoms with E-state index in [1.807, 2.05) is 12.1 Å². The topological polar surface area (TPSA) is 20.7 Å². The van der Waals surface area contributed by atoms with Crippen molar-refractivity contribution in [2.45, 2.75) is 32.7 Å². The highest BCUT2D eigenvalue weighted by atomic mass is 35.5. The summed E-state index contributed by atoms with van der Waals surface area (Å²) in [6.07, 6.45) is 4.00. The predicted molar refractivity (Wildman–Crippen MR) is 78.6 cm³/mol. The van der Waals surface area contributed by atoms with Crippen molar-refractivity contribution in [3.05, 3.63) is 28.0 Å². The summed E-state index contributed by atoms with van der Waals surface area (Å²) in [7, 11) is 0. The average molecular weight is 281 g/mol. The van der Waals surface area contributed by atoms with Gasteiger partial charge in [-0.05, 0) is 55.1 Å². The van der Waals surface area contributed by atoms with Gasteiger partial charge in [0.1, 0.15) is 0 Å². The molecule has 1 aliphatic rings. The zero-order valence-corrected chi connectivity index (χ0v) is 12.0. The van der Waals surface area contributed by atoms with E-state index in [9.17, 15) is 0 Å². The number of imidazole rings is 1. The number of halogens is 1. The third kappa shape index (κ3) is 2.21. The molecule has 0 bridgehead atoms. The van der Waals surface area contributed by atoms with Crippen LogP contribution in [-0.4, -0.2) is 9.55 Å². The van der Waals surface area contributed by atoms with E-state index in [2.05, 4.69) is 22.5 Å². The highest BCUT2D eigenvalue weighted by molar-refractivity contribution is 7.71. The van der Waals surface area contributed by atoms with Crippen LogP contribution in [0.5, 0.6) is 0 Å². The second kappa shape index (κ2) is 4.71. The first kappa shape index (κ1) is 12.2. The van der Waals surface area contributed by atoms with Crippen LogP contribution in [0, 0.1) is 16.6 Å². The number of H-pyrrole nitrogens is 1. The van der Waals surface area contributed by atoms with E-state index in [0.29, 0.717) is 0 Å². The molecule has 1 aromatic heterocycles. The van der Waals surface area contributed by atoms with Gasteiger partial charge in [0.2, 0.25) is 0 Å². The molecule has 0 spiro atoms. The molecule has 0 saturated heterocycles. The SMILES string of the molecule is CC1CCC(Cn2c(=S)[nH]c3cc(Cl)ccc32)C1. The van der Waals surface area contributed by atoms with Crippen LogP contribution in [0.1, 0.15) is 26.2 Å². The van der Waals surface area contributed by atoms with Gasteiger partial charge >= 0.3 is 0 Å². The fourth-order valence-corrected chi connectivity index (χ4v) is 3.52. The van der Waals surface area contributed by atoms with E-state index in [1.165, 1.54) is 24.8 Å². The van der Waals surface area contributed by atoms with Crippen LogP contribution in [0.2, 0.25) is 5.02 Å². The molecule has 0 aliphatic heterocycles. The Morgan fingerprint density at radius 2 is 2.28 bits per heavy atom. The van der Waals surface area contributed by atoms with Crippen molar-refractivity contribution in [2.24, 2.45) is 11.8 Å². The number of rotatable bonds is 2. The first-order valence-electron chi connectivity index (χ1n) is 6.51. The molecule has 1 aromatic carbocycles. The summed E-state index contributed by atoms with van der Waals surface area (Å²) >= 11 is 11.4. The van der Waals surface area contributed by atoms with E-state index in [4.69, 9.17) is 23.8 Å². The quantitative estimate of drug-likeness (QED) is 0.785. The summed E-state index contributed by atoms with van der Waals surface area (Å²) in [5, 5.41) is 0.750. The molecular formula is C14H17ClN2S. The predicted octanol–water partition coefficient (Wildman–Crippen LogP) is 4.79. The number of nitrogens with zero attached hydrogens (tertiary/aromatic N) is 1. The summed E-state index contributed by atoms with van der Waals surface area (Å²) in [6, 6.07) is 5.93. The summed E-state index contributed by atoms with van der Waals surface area (Å²) in [6.45, 7) is 3.37. The Balaban J connectivity index is 1.96. The van der Waals surface area contributed by atoms with Crippen LogP contribution in [0.15, 0.2) is 18.2 Å². The molecule has 0 radical (unpaired) electrons. The van der Waals surface area contributed by atoms with Crippen molar-refractivity contribution in [2.75, 3.05) is 0 Å². The molecular weight excluding hydrogens is 264 g/mol. The smallest absolute Gasteiger partial charge is 0.178 e. The van der Waals surface area contributed by atoms with Crippen molar-refractivity contribution in [1.82, 2.24) is 9.55 Å². The monoisotopic (exact) mass is 280 g/mol. The lowest BCUT2D eigenvalue weighted by molar-refractivity contribution is 0.444. The van der Waals surface area contributed by atoms with E-state index in [-0.39, 0.29) is 0 Å². The van der Waals surface area contributed by atoms with Crippen LogP contribution in [0.4, 0.5) is 0 Å². The number of hydrogen-bond donors (Lipinski definition) is 1. The normalized spacial score (nSPS) is 23.9. The Morgan fingerprint density at radius 3 is 3.00 bits per heavy atom. The minimum atomic E-state index is 0.750. The van der Waals surface area contributed by atoms with Crippen molar-refractivity contribution in [3.63, 3.8) is 0 Å². The molecule has 1 saturated carbocycles. The zero-order chi connectivity index (χ0) is 12.7. The molecule has 1 fully saturated rings. The van der Waals surface area contributed by atoms with Gasteiger partial charge in [-0.3, -0.25) is 0 Å². The lowest BCUT2D eigenvalue weighted by Crippen LogP contribution is -2.07. The number of aromatic nitrogens is 2. The summed E-state index contributed by atoms with van der Waals surface area (Å²) < 4.78 is 3.04. The van der Waals surface area contributed by atoms with Gasteiger partial charge < -0.3 is 9.55 Å². The molecule has 18 heavy (non-hydrogen) atoms. The van der Waals surface area contributed by atoms with Crippen molar-refractivity contribution in [3.8, 4) is 0 Å². The standard InChI is InChI=1S/C14H17ClN2S/c1-9-2-3-10(6-9)8-17-13-5-4-11(15)7-12(13)16-14(17)18/h4-5,7,9-10H,2-3,6,8H2,1H3,(H,16,18). The third-order valence-electron chi connectivity index (χ3n) is 3.98. The van der Waals surface area contributed by atoms with E-state index >= 15 is 0 Å². The molecule has 1 heterocycles. The molecule has 4 heteroatoms. The van der Waals surface area contributed by atoms with Gasteiger partial charge in [0.05, 0.1) is 11.0 Å². The minimum absolute atomic E-state index is 0.750. The first-order chi connectivity index (χ1) is 8.63. The Labute approximate surface area is 117 Å². The molecule has 3 rings (SSSR count). The number of nitrogens with one attached hydrogen (secondary N) is 1. The summed E-state index contributed by atoms with van der Waals surface area (Å²) in [4.78, 5) is 3.25. The van der Waals surface area contributed by atoms with Gasteiger partial charge in [0, 0.05) is 11.6 Å². The number of benzene rings is 1. The lowest BCUT2D eigenvalue weighted by atomic mass is 10.1. The second-order valence-corrected chi connectivity index (χ2v) is 6.31. The van der Waals surface area contributed by atoms with Gasteiger partial charge in [-0.2, -0.15) is 0 Å². The van der Waals surface area contributed by atoms with Gasteiger partial charge in [-0.1, -0.05) is 24.9 Å². The molecule has 2 atom stereocenters. The molecule has 2 aromatic rings. The molecule has 1 aliphatic carbocycles. The molecule has 2 nitrogen and oxygen atoms in total. The summed E-state index contributed by atoms with van der Waals surface area (Å²) in [5.41, 5.74) is 2.21. The molecule has 2 unspecified atom stereocenters. The Hall–Kier alpha value is -0.800. The second-order valence-electron chi connectivity index (χ2n) is 5.49. The van der Waals surface area contributed by atoms with Crippen LogP contribution in [0.25, 0.3) is 11.0 Å². The highest BCUT2D eigenvalue weighted by Gasteiger charge is 2.22. The van der Waals surface area contributed by atoms with Gasteiger partial charge in [-0.15, -0.1) is 0 Å². The van der Waals surface area contributed by atoms with Gasteiger partial charge in [-0.25, -0.2) is 0 Å². The van der Waals surface area contributed by atoms with E-state index < -0.39 is 0 Å². The number of hydrogen-bond acceptors (Lipinski definition) is 1. The van der Waals surface area contributed by atoms with Crippen LogP contribution >= 0.6 is 23.8 Å². The van der Waals surface area contributed by atoms with Crippen LogP contribution < -0.4 is 0 Å². The van der Waals surface area contributed by atoms with E-state index in [0.717, 1.165) is 33.7 Å². The molecule has 1 N–H and O–H groups in total. The highest BCUT2D eigenvalue weighted by Crippen LogP contribution is 2.32. The number of fused-ring (bicyclic) bond motifs is 1. The maximum atomic E-state index is 6.01. The Bertz CT molecular complexity index is 628. The van der Waals surface area contributed by atoms with Crippen LogP contribution in [0.3, 0.4) is 0 Å². The Kier molecular flexibility index (Phi) is 3.20. The average Bonchev–Trinajstić information content (AvgIpc) is 2.84.